The molecule has 0 atom stereocenters. The van der Waals surface area contributed by atoms with Gasteiger partial charge in [0.15, 0.2) is 11.6 Å². The van der Waals surface area contributed by atoms with E-state index in [2.05, 4.69) is 203 Å². The van der Waals surface area contributed by atoms with Gasteiger partial charge >= 0.3 is 0 Å². The van der Waals surface area contributed by atoms with Gasteiger partial charge in [0, 0.05) is 58.4 Å². The number of hydrogen-bond donors (Lipinski definition) is 0. The Balaban J connectivity index is 1.11. The van der Waals surface area contributed by atoms with Crippen LogP contribution < -0.4 is 0 Å². The molecule has 0 bridgehead atoms. The minimum Gasteiger partial charge on any atom is -0.307 e. The van der Waals surface area contributed by atoms with Crippen LogP contribution in [0.3, 0.4) is 0 Å². The van der Waals surface area contributed by atoms with Crippen molar-refractivity contribution in [3.8, 4) is 56.7 Å². The van der Waals surface area contributed by atoms with Crippen molar-refractivity contribution in [2.24, 2.45) is 0 Å². The third kappa shape index (κ3) is 5.66. The zero-order valence-corrected chi connectivity index (χ0v) is 34.7. The third-order valence-electron chi connectivity index (χ3n) is 12.4. The summed E-state index contributed by atoms with van der Waals surface area (Å²) in [4.78, 5) is 16.0. The zero-order valence-electron chi connectivity index (χ0n) is 33.9. The van der Waals surface area contributed by atoms with Crippen LogP contribution in [0.25, 0.3) is 120 Å². The minimum absolute atomic E-state index is 0.564. The Bertz CT molecular complexity index is 3900. The van der Waals surface area contributed by atoms with Crippen LogP contribution in [0.15, 0.2) is 212 Å². The van der Waals surface area contributed by atoms with E-state index in [1.807, 2.05) is 29.5 Å². The fraction of sp³-hybridized carbons (Fsp3) is 0. The number of para-hydroxylation sites is 3. The lowest BCUT2D eigenvalue weighted by molar-refractivity contribution is 0.953. The topological polar surface area (TPSA) is 48.5 Å². The van der Waals surface area contributed by atoms with Gasteiger partial charge in [-0.05, 0) is 59.2 Å². The Morgan fingerprint density at radius 1 is 0.317 bits per heavy atom. The monoisotopic (exact) mass is 821 g/mol. The smallest absolute Gasteiger partial charge is 0.238 e. The minimum atomic E-state index is 0.564. The number of nitrogens with zero attached hydrogens (tertiary/aromatic N) is 5. The fourth-order valence-electron chi connectivity index (χ4n) is 9.52. The van der Waals surface area contributed by atoms with Crippen molar-refractivity contribution in [3.05, 3.63) is 212 Å². The highest BCUT2D eigenvalue weighted by Gasteiger charge is 2.24. The molecule has 9 aromatic carbocycles. The molecule has 13 aromatic rings. The molecule has 0 spiro atoms. The Morgan fingerprint density at radius 3 is 1.56 bits per heavy atom. The van der Waals surface area contributed by atoms with Gasteiger partial charge in [-0.3, -0.25) is 4.57 Å². The van der Waals surface area contributed by atoms with Crippen LogP contribution in [0.1, 0.15) is 0 Å². The lowest BCUT2D eigenvalue weighted by atomic mass is 9.99. The molecular formula is C57H35N5S. The maximum atomic E-state index is 5.44. The first-order valence-corrected chi connectivity index (χ1v) is 22.0. The van der Waals surface area contributed by atoms with Crippen molar-refractivity contribution in [2.45, 2.75) is 0 Å². The van der Waals surface area contributed by atoms with Crippen molar-refractivity contribution < 1.29 is 0 Å². The van der Waals surface area contributed by atoms with Gasteiger partial charge in [0.2, 0.25) is 5.95 Å². The first-order valence-electron chi connectivity index (χ1n) is 21.2. The van der Waals surface area contributed by atoms with Gasteiger partial charge in [0.1, 0.15) is 0 Å². The molecule has 4 heterocycles. The molecule has 6 heteroatoms. The highest BCUT2D eigenvalue weighted by Crippen LogP contribution is 2.44. The lowest BCUT2D eigenvalue weighted by Gasteiger charge is -2.16. The molecule has 0 fully saturated rings. The molecule has 0 aliphatic rings. The van der Waals surface area contributed by atoms with E-state index in [9.17, 15) is 0 Å². The standard InChI is InChI=1S/C57H35N5S/c1-3-15-36(16-4-1)37-27-29-38(30-28-37)41-19-7-11-23-48(41)61-49-24-12-8-20-42(49)45-32-33-46-43-21-9-13-25-50(43)62(54(46)53(45)61)57-59-55(39-17-5-2-6-18-39)58-56(60-57)40-31-34-52-47(35-40)44-22-10-14-26-51(44)63-52/h1-35H. The van der Waals surface area contributed by atoms with Crippen molar-refractivity contribution in [3.63, 3.8) is 0 Å². The molecular weight excluding hydrogens is 787 g/mol. The SMILES string of the molecule is c1ccc(-c2ccc(-c3ccccc3-n3c4ccccc4c4ccc5c6ccccc6n(-c6nc(-c7ccccc7)nc(-c7ccc8sc9ccccc9c8c7)n6)c5c43)cc2)cc1. The molecule has 0 aliphatic heterocycles. The summed E-state index contributed by atoms with van der Waals surface area (Å²) in [6.07, 6.45) is 0. The highest BCUT2D eigenvalue weighted by molar-refractivity contribution is 7.25. The molecule has 294 valence electrons. The Kier molecular flexibility index (Phi) is 8.01. The maximum Gasteiger partial charge on any atom is 0.238 e. The predicted molar refractivity (Wildman–Crippen MR) is 263 cm³/mol. The van der Waals surface area contributed by atoms with Crippen molar-refractivity contribution in [1.82, 2.24) is 24.1 Å². The number of aromatic nitrogens is 5. The van der Waals surface area contributed by atoms with Gasteiger partial charge in [-0.1, -0.05) is 170 Å². The second-order valence-electron chi connectivity index (χ2n) is 16.0. The van der Waals surface area contributed by atoms with Gasteiger partial charge in [-0.2, -0.15) is 9.97 Å². The molecule has 0 amide bonds. The summed E-state index contributed by atoms with van der Waals surface area (Å²) >= 11 is 1.81. The molecule has 0 radical (unpaired) electrons. The molecule has 0 unspecified atom stereocenters. The summed E-state index contributed by atoms with van der Waals surface area (Å²) in [7, 11) is 0. The Labute approximate surface area is 366 Å². The van der Waals surface area contributed by atoms with Crippen LogP contribution in [0.4, 0.5) is 0 Å². The molecule has 0 saturated heterocycles. The summed E-state index contributed by atoms with van der Waals surface area (Å²) in [5.74, 6) is 1.81. The lowest BCUT2D eigenvalue weighted by Crippen LogP contribution is -2.07. The van der Waals surface area contributed by atoms with E-state index in [4.69, 9.17) is 15.0 Å². The molecule has 5 nitrogen and oxygen atoms in total. The van der Waals surface area contributed by atoms with E-state index in [1.54, 1.807) is 0 Å². The predicted octanol–water partition coefficient (Wildman–Crippen LogP) is 15.1. The normalized spacial score (nSPS) is 11.8. The molecule has 0 saturated carbocycles. The summed E-state index contributed by atoms with van der Waals surface area (Å²) in [6.45, 7) is 0. The van der Waals surface area contributed by atoms with Gasteiger partial charge in [-0.15, -0.1) is 11.3 Å². The van der Waals surface area contributed by atoms with Gasteiger partial charge in [0.25, 0.3) is 0 Å². The molecule has 0 N–H and O–H groups in total. The maximum absolute atomic E-state index is 5.44. The van der Waals surface area contributed by atoms with Crippen LogP contribution in [-0.2, 0) is 0 Å². The van der Waals surface area contributed by atoms with E-state index in [1.165, 1.54) is 36.7 Å². The second kappa shape index (κ2) is 14.2. The molecule has 63 heavy (non-hydrogen) atoms. The first kappa shape index (κ1) is 35.6. The fourth-order valence-corrected chi connectivity index (χ4v) is 10.6. The summed E-state index contributed by atoms with van der Waals surface area (Å²) in [6, 6.07) is 75.7. The van der Waals surface area contributed by atoms with Crippen molar-refractivity contribution in [1.29, 1.82) is 0 Å². The number of hydrogen-bond acceptors (Lipinski definition) is 4. The second-order valence-corrected chi connectivity index (χ2v) is 17.1. The van der Waals surface area contributed by atoms with E-state index >= 15 is 0 Å². The summed E-state index contributed by atoms with van der Waals surface area (Å²) in [5.41, 5.74) is 11.9. The number of benzene rings is 9. The van der Waals surface area contributed by atoms with E-state index in [0.717, 1.165) is 66.2 Å². The van der Waals surface area contributed by atoms with Gasteiger partial charge in [-0.25, -0.2) is 4.98 Å². The van der Waals surface area contributed by atoms with Crippen LogP contribution in [0.2, 0.25) is 0 Å². The van der Waals surface area contributed by atoms with Gasteiger partial charge in [0.05, 0.1) is 27.8 Å². The Hall–Kier alpha value is -8.19. The number of thiophene rings is 1. The van der Waals surface area contributed by atoms with Crippen molar-refractivity contribution in [2.75, 3.05) is 0 Å². The Morgan fingerprint density at radius 2 is 0.825 bits per heavy atom. The molecule has 13 rings (SSSR count). The number of fused-ring (bicyclic) bond motifs is 10. The zero-order chi connectivity index (χ0) is 41.4. The highest BCUT2D eigenvalue weighted by atomic mass is 32.1. The molecule has 4 aromatic heterocycles. The summed E-state index contributed by atoms with van der Waals surface area (Å²) in [5, 5.41) is 7.03. The van der Waals surface area contributed by atoms with E-state index in [-0.39, 0.29) is 0 Å². The van der Waals surface area contributed by atoms with Crippen molar-refractivity contribution >= 4 is 75.1 Å². The average Bonchev–Trinajstić information content (AvgIpc) is 4.02. The van der Waals surface area contributed by atoms with Crippen LogP contribution in [0, 0.1) is 0 Å². The summed E-state index contributed by atoms with van der Waals surface area (Å²) < 4.78 is 7.23. The quantitative estimate of drug-likeness (QED) is 0.168. The van der Waals surface area contributed by atoms with E-state index < -0.39 is 0 Å². The van der Waals surface area contributed by atoms with Crippen LogP contribution in [0.5, 0.6) is 0 Å². The average molecular weight is 822 g/mol. The largest absolute Gasteiger partial charge is 0.307 e. The van der Waals surface area contributed by atoms with Crippen LogP contribution >= 0.6 is 11.3 Å². The van der Waals surface area contributed by atoms with Crippen LogP contribution in [-0.4, -0.2) is 24.1 Å². The molecule has 0 aliphatic carbocycles. The third-order valence-corrected chi connectivity index (χ3v) is 13.6. The number of rotatable bonds is 6. The first-order chi connectivity index (χ1) is 31.2. The van der Waals surface area contributed by atoms with E-state index in [0.29, 0.717) is 17.6 Å². The van der Waals surface area contributed by atoms with Gasteiger partial charge < -0.3 is 4.57 Å².